The first-order chi connectivity index (χ1) is 8.00. The van der Waals surface area contributed by atoms with Crippen LogP contribution in [0.4, 0.5) is 0 Å². The summed E-state index contributed by atoms with van der Waals surface area (Å²) in [6.45, 7) is 0. The van der Waals surface area contributed by atoms with Gasteiger partial charge < -0.3 is 4.42 Å². The predicted octanol–water partition coefficient (Wildman–Crippen LogP) is 2.96. The van der Waals surface area contributed by atoms with Gasteiger partial charge in [-0.3, -0.25) is 0 Å². The van der Waals surface area contributed by atoms with Gasteiger partial charge in [0.1, 0.15) is 6.26 Å². The molecule has 0 saturated heterocycles. The summed E-state index contributed by atoms with van der Waals surface area (Å²) in [7, 11) is -3.66. The maximum atomic E-state index is 11.9. The van der Waals surface area contributed by atoms with Gasteiger partial charge in [-0.25, -0.2) is 13.4 Å². The minimum absolute atomic E-state index is 0.299. The summed E-state index contributed by atoms with van der Waals surface area (Å²) in [4.78, 5) is 3.60. The minimum atomic E-state index is -3.66. The number of oxazole rings is 1. The van der Waals surface area contributed by atoms with Gasteiger partial charge in [-0.1, -0.05) is 29.3 Å². The second-order valence-corrected chi connectivity index (χ2v) is 5.94. The van der Waals surface area contributed by atoms with Gasteiger partial charge in [0.25, 0.3) is 0 Å². The fourth-order valence-corrected chi connectivity index (χ4v) is 3.21. The molecule has 1 heterocycles. The van der Waals surface area contributed by atoms with Crippen LogP contribution in [-0.4, -0.2) is 13.4 Å². The van der Waals surface area contributed by atoms with Gasteiger partial charge in [0.05, 0.1) is 11.9 Å². The van der Waals surface area contributed by atoms with Crippen molar-refractivity contribution in [2.45, 2.75) is 11.0 Å². The molecule has 0 fully saturated rings. The van der Waals surface area contributed by atoms with Crippen LogP contribution in [0.2, 0.25) is 10.0 Å². The van der Waals surface area contributed by atoms with E-state index in [0.29, 0.717) is 15.6 Å². The van der Waals surface area contributed by atoms with Gasteiger partial charge in [0.15, 0.2) is 0 Å². The van der Waals surface area contributed by atoms with E-state index in [1.165, 1.54) is 12.5 Å². The highest BCUT2D eigenvalue weighted by Crippen LogP contribution is 2.27. The summed E-state index contributed by atoms with van der Waals surface area (Å²) >= 11 is 11.8. The number of benzene rings is 1. The van der Waals surface area contributed by atoms with Crippen molar-refractivity contribution in [3.05, 3.63) is 46.3 Å². The summed E-state index contributed by atoms with van der Waals surface area (Å²) in [6, 6.07) is 4.80. The molecule has 4 nitrogen and oxygen atoms in total. The maximum absolute atomic E-state index is 11.9. The lowest BCUT2D eigenvalue weighted by molar-refractivity contribution is 0.429. The fourth-order valence-electron chi connectivity index (χ4n) is 1.29. The molecule has 1 aromatic carbocycles. The summed E-state index contributed by atoms with van der Waals surface area (Å²) < 4.78 is 28.6. The van der Waals surface area contributed by atoms with E-state index >= 15 is 0 Å². The van der Waals surface area contributed by atoms with Crippen LogP contribution in [0.25, 0.3) is 0 Å². The topological polar surface area (TPSA) is 60.2 Å². The van der Waals surface area contributed by atoms with Gasteiger partial charge in [0.2, 0.25) is 9.84 Å². The van der Waals surface area contributed by atoms with Crippen LogP contribution in [0.15, 0.2) is 40.3 Å². The molecule has 2 rings (SSSR count). The Morgan fingerprint density at radius 1 is 1.24 bits per heavy atom. The molecule has 2 aromatic rings. The third-order valence-electron chi connectivity index (χ3n) is 2.07. The Balaban J connectivity index is 2.40. The number of sulfone groups is 1. The average Bonchev–Trinajstić information content (AvgIpc) is 2.77. The number of rotatable bonds is 3. The zero-order valence-electron chi connectivity index (χ0n) is 8.43. The van der Waals surface area contributed by atoms with E-state index in [9.17, 15) is 8.42 Å². The quantitative estimate of drug-likeness (QED) is 0.872. The Morgan fingerprint density at radius 3 is 2.41 bits per heavy atom. The first kappa shape index (κ1) is 12.4. The van der Waals surface area contributed by atoms with Crippen molar-refractivity contribution in [3.63, 3.8) is 0 Å². The monoisotopic (exact) mass is 291 g/mol. The molecule has 0 aliphatic heterocycles. The van der Waals surface area contributed by atoms with E-state index in [2.05, 4.69) is 4.98 Å². The second kappa shape index (κ2) is 4.68. The van der Waals surface area contributed by atoms with Gasteiger partial charge in [0, 0.05) is 15.6 Å². The number of nitrogens with zero attached hydrogens (tertiary/aromatic N) is 1. The Kier molecular flexibility index (Phi) is 3.42. The van der Waals surface area contributed by atoms with Gasteiger partial charge >= 0.3 is 5.22 Å². The Bertz CT molecular complexity index is 603. The molecule has 0 atom stereocenters. The molecular formula is C10H7Cl2NO3S. The van der Waals surface area contributed by atoms with Crippen molar-refractivity contribution in [2.75, 3.05) is 0 Å². The van der Waals surface area contributed by atoms with Crippen molar-refractivity contribution < 1.29 is 12.8 Å². The average molecular weight is 292 g/mol. The zero-order valence-corrected chi connectivity index (χ0v) is 10.8. The largest absolute Gasteiger partial charge is 0.437 e. The zero-order chi connectivity index (χ0) is 12.5. The highest BCUT2D eigenvalue weighted by atomic mass is 35.5. The minimum Gasteiger partial charge on any atom is -0.437 e. The number of halogens is 2. The van der Waals surface area contributed by atoms with E-state index in [-0.39, 0.29) is 11.0 Å². The van der Waals surface area contributed by atoms with E-state index in [1.54, 1.807) is 18.2 Å². The van der Waals surface area contributed by atoms with Crippen LogP contribution in [0.3, 0.4) is 0 Å². The highest BCUT2D eigenvalue weighted by Gasteiger charge is 2.22. The Morgan fingerprint density at radius 2 is 1.88 bits per heavy atom. The van der Waals surface area contributed by atoms with Gasteiger partial charge in [-0.15, -0.1) is 0 Å². The van der Waals surface area contributed by atoms with Crippen molar-refractivity contribution in [1.29, 1.82) is 0 Å². The van der Waals surface area contributed by atoms with E-state index < -0.39 is 9.84 Å². The molecule has 90 valence electrons. The predicted molar refractivity (Wildman–Crippen MR) is 63.9 cm³/mol. The van der Waals surface area contributed by atoms with Crippen molar-refractivity contribution in [3.8, 4) is 0 Å². The Hall–Kier alpha value is -1.04. The van der Waals surface area contributed by atoms with Crippen LogP contribution < -0.4 is 0 Å². The highest BCUT2D eigenvalue weighted by molar-refractivity contribution is 7.90. The SMILES string of the molecule is O=S(=O)(Cc1c(Cl)cccc1Cl)c1ncco1. The molecule has 17 heavy (non-hydrogen) atoms. The summed E-state index contributed by atoms with van der Waals surface area (Å²) in [5.41, 5.74) is 0.342. The van der Waals surface area contributed by atoms with Gasteiger partial charge in [-0.2, -0.15) is 0 Å². The van der Waals surface area contributed by atoms with Gasteiger partial charge in [-0.05, 0) is 12.1 Å². The summed E-state index contributed by atoms with van der Waals surface area (Å²) in [6.07, 6.45) is 2.46. The number of hydrogen-bond donors (Lipinski definition) is 0. The summed E-state index contributed by atoms with van der Waals surface area (Å²) in [5, 5.41) is 0.258. The van der Waals surface area contributed by atoms with Crippen LogP contribution in [0, 0.1) is 0 Å². The lowest BCUT2D eigenvalue weighted by Crippen LogP contribution is -2.06. The van der Waals surface area contributed by atoms with E-state index in [1.807, 2.05) is 0 Å². The standard InChI is InChI=1S/C10H7Cl2NO3S/c11-8-2-1-3-9(12)7(8)6-17(14,15)10-13-4-5-16-10/h1-5H,6H2. The molecule has 0 bridgehead atoms. The Labute approximate surface area is 108 Å². The molecule has 0 aliphatic rings. The number of hydrogen-bond acceptors (Lipinski definition) is 4. The molecule has 1 aromatic heterocycles. The third-order valence-corrected chi connectivity index (χ3v) is 4.18. The lowest BCUT2D eigenvalue weighted by atomic mass is 10.2. The van der Waals surface area contributed by atoms with Crippen LogP contribution in [0.5, 0.6) is 0 Å². The summed E-state index contributed by atoms with van der Waals surface area (Å²) in [5.74, 6) is -0.341. The normalized spacial score (nSPS) is 11.6. The number of aromatic nitrogens is 1. The molecule has 0 radical (unpaired) electrons. The lowest BCUT2D eigenvalue weighted by Gasteiger charge is -2.05. The van der Waals surface area contributed by atoms with Crippen LogP contribution in [-0.2, 0) is 15.6 Å². The smallest absolute Gasteiger partial charge is 0.315 e. The van der Waals surface area contributed by atoms with Crippen molar-refractivity contribution in [2.24, 2.45) is 0 Å². The molecule has 0 aliphatic carbocycles. The third kappa shape index (κ3) is 2.62. The van der Waals surface area contributed by atoms with Crippen molar-refractivity contribution >= 4 is 33.0 Å². The molecule has 0 unspecified atom stereocenters. The molecule has 0 spiro atoms. The van der Waals surface area contributed by atoms with Crippen molar-refractivity contribution in [1.82, 2.24) is 4.98 Å². The van der Waals surface area contributed by atoms with E-state index in [0.717, 1.165) is 0 Å². The molecule has 7 heteroatoms. The fraction of sp³-hybridized carbons (Fsp3) is 0.100. The second-order valence-electron chi connectivity index (χ2n) is 3.26. The molecule has 0 saturated carbocycles. The first-order valence-electron chi connectivity index (χ1n) is 4.56. The molecule has 0 N–H and O–H groups in total. The molecular weight excluding hydrogens is 285 g/mol. The molecule has 0 amide bonds. The van der Waals surface area contributed by atoms with Crippen LogP contribution >= 0.6 is 23.2 Å². The first-order valence-corrected chi connectivity index (χ1v) is 6.96. The maximum Gasteiger partial charge on any atom is 0.315 e. The van der Waals surface area contributed by atoms with E-state index in [4.69, 9.17) is 27.6 Å². The van der Waals surface area contributed by atoms with Crippen LogP contribution in [0.1, 0.15) is 5.56 Å².